The fourth-order valence-electron chi connectivity index (χ4n) is 2.55. The van der Waals surface area contributed by atoms with Crippen molar-refractivity contribution in [2.75, 3.05) is 11.9 Å². The average molecular weight is 399 g/mol. The Morgan fingerprint density at radius 2 is 1.86 bits per heavy atom. The first-order valence-electron chi connectivity index (χ1n) is 8.77. The van der Waals surface area contributed by atoms with E-state index in [2.05, 4.69) is 10.3 Å². The first kappa shape index (κ1) is 19.6. The molecule has 1 heterocycles. The summed E-state index contributed by atoms with van der Waals surface area (Å²) in [5, 5.41) is 3.84. The van der Waals surface area contributed by atoms with E-state index in [1.54, 1.807) is 54.6 Å². The summed E-state index contributed by atoms with van der Waals surface area (Å²) in [6, 6.07) is 15.3. The lowest BCUT2D eigenvalue weighted by Gasteiger charge is -2.14. The summed E-state index contributed by atoms with van der Waals surface area (Å²) >= 11 is 5.86. The molecule has 1 atom stereocenters. The zero-order valence-corrected chi connectivity index (χ0v) is 16.2. The molecule has 28 heavy (non-hydrogen) atoms. The Kier molecular flexibility index (Phi) is 6.11. The van der Waals surface area contributed by atoms with Gasteiger partial charge < -0.3 is 14.8 Å². The lowest BCUT2D eigenvalue weighted by molar-refractivity contribution is -0.123. The Morgan fingerprint density at radius 1 is 1.11 bits per heavy atom. The number of anilines is 1. The molecule has 0 fully saturated rings. The molecule has 0 aliphatic heterocycles. The van der Waals surface area contributed by atoms with Gasteiger partial charge in [0.25, 0.3) is 5.91 Å². The highest BCUT2D eigenvalue weighted by molar-refractivity contribution is 6.29. The highest BCUT2D eigenvalue weighted by atomic mass is 35.5. The van der Waals surface area contributed by atoms with Crippen LogP contribution in [-0.4, -0.2) is 29.6 Å². The minimum atomic E-state index is -0.960. The number of pyridine rings is 1. The standard InChI is InChI=1S/C21H19ClN2O4/c1-3-27-17-8-6-16(7-9-17)23-20(25)13(2)28-21(26)15-4-10-18-14(12-15)5-11-19(22)24-18/h4-13H,3H2,1-2H3,(H,23,25). The molecular weight excluding hydrogens is 380 g/mol. The van der Waals surface area contributed by atoms with Crippen molar-refractivity contribution in [2.24, 2.45) is 0 Å². The highest BCUT2D eigenvalue weighted by Gasteiger charge is 2.19. The molecule has 3 aromatic rings. The summed E-state index contributed by atoms with van der Waals surface area (Å²) in [4.78, 5) is 28.8. The van der Waals surface area contributed by atoms with Crippen molar-refractivity contribution in [3.63, 3.8) is 0 Å². The molecule has 6 nitrogen and oxygen atoms in total. The van der Waals surface area contributed by atoms with Crippen LogP contribution in [0.2, 0.25) is 5.15 Å². The molecule has 0 saturated carbocycles. The molecular formula is C21H19ClN2O4. The Labute approximate surface area is 167 Å². The fraction of sp³-hybridized carbons (Fsp3) is 0.190. The first-order valence-corrected chi connectivity index (χ1v) is 9.15. The molecule has 0 radical (unpaired) electrons. The molecule has 0 aliphatic carbocycles. The van der Waals surface area contributed by atoms with E-state index >= 15 is 0 Å². The van der Waals surface area contributed by atoms with Crippen LogP contribution < -0.4 is 10.1 Å². The van der Waals surface area contributed by atoms with Gasteiger partial charge in [0, 0.05) is 11.1 Å². The minimum Gasteiger partial charge on any atom is -0.494 e. The smallest absolute Gasteiger partial charge is 0.338 e. The van der Waals surface area contributed by atoms with Crippen molar-refractivity contribution in [3.8, 4) is 5.75 Å². The van der Waals surface area contributed by atoms with Gasteiger partial charge in [-0.2, -0.15) is 0 Å². The van der Waals surface area contributed by atoms with Crippen molar-refractivity contribution >= 4 is 40.1 Å². The second kappa shape index (κ2) is 8.71. The number of benzene rings is 2. The van der Waals surface area contributed by atoms with Gasteiger partial charge in [-0.3, -0.25) is 4.79 Å². The van der Waals surface area contributed by atoms with E-state index in [1.807, 2.05) is 6.92 Å². The number of hydrogen-bond donors (Lipinski definition) is 1. The second-order valence-electron chi connectivity index (χ2n) is 6.04. The summed E-state index contributed by atoms with van der Waals surface area (Å²) in [5.74, 6) is -0.301. The summed E-state index contributed by atoms with van der Waals surface area (Å²) in [7, 11) is 0. The van der Waals surface area contributed by atoms with Crippen molar-refractivity contribution in [3.05, 3.63) is 65.3 Å². The van der Waals surface area contributed by atoms with Gasteiger partial charge in [-0.1, -0.05) is 11.6 Å². The summed E-state index contributed by atoms with van der Waals surface area (Å²) in [6.07, 6.45) is -0.960. The van der Waals surface area contributed by atoms with Crippen LogP contribution >= 0.6 is 11.6 Å². The Morgan fingerprint density at radius 3 is 2.57 bits per heavy atom. The van der Waals surface area contributed by atoms with E-state index in [4.69, 9.17) is 21.1 Å². The van der Waals surface area contributed by atoms with Crippen LogP contribution in [0, 0.1) is 0 Å². The van der Waals surface area contributed by atoms with Gasteiger partial charge in [-0.15, -0.1) is 0 Å². The molecule has 0 spiro atoms. The summed E-state index contributed by atoms with van der Waals surface area (Å²) in [6.45, 7) is 3.98. The summed E-state index contributed by atoms with van der Waals surface area (Å²) < 4.78 is 10.6. The number of esters is 1. The number of fused-ring (bicyclic) bond motifs is 1. The zero-order valence-electron chi connectivity index (χ0n) is 15.4. The predicted molar refractivity (Wildman–Crippen MR) is 108 cm³/mol. The van der Waals surface area contributed by atoms with Crippen LogP contribution in [0.15, 0.2) is 54.6 Å². The van der Waals surface area contributed by atoms with Crippen LogP contribution in [-0.2, 0) is 9.53 Å². The molecule has 7 heteroatoms. The van der Waals surface area contributed by atoms with E-state index in [1.165, 1.54) is 6.92 Å². The molecule has 3 rings (SSSR count). The number of nitrogens with one attached hydrogen (secondary N) is 1. The first-order chi connectivity index (χ1) is 13.5. The molecule has 1 unspecified atom stereocenters. The number of rotatable bonds is 6. The minimum absolute atomic E-state index is 0.331. The van der Waals surface area contributed by atoms with E-state index in [9.17, 15) is 9.59 Å². The molecule has 144 valence electrons. The third-order valence-electron chi connectivity index (χ3n) is 3.98. The number of nitrogens with zero attached hydrogens (tertiary/aromatic N) is 1. The van der Waals surface area contributed by atoms with Gasteiger partial charge in [-0.25, -0.2) is 9.78 Å². The van der Waals surface area contributed by atoms with Crippen LogP contribution in [0.4, 0.5) is 5.69 Å². The fourth-order valence-corrected chi connectivity index (χ4v) is 2.71. The quantitative estimate of drug-likeness (QED) is 0.489. The third-order valence-corrected chi connectivity index (χ3v) is 4.19. The molecule has 2 aromatic carbocycles. The Hall–Kier alpha value is -3.12. The lowest BCUT2D eigenvalue weighted by Crippen LogP contribution is -2.30. The third kappa shape index (κ3) is 4.78. The molecule has 1 amide bonds. The van der Waals surface area contributed by atoms with Gasteiger partial charge in [0.05, 0.1) is 17.7 Å². The van der Waals surface area contributed by atoms with Crippen molar-refractivity contribution < 1.29 is 19.1 Å². The van der Waals surface area contributed by atoms with E-state index in [0.717, 1.165) is 5.39 Å². The van der Waals surface area contributed by atoms with Gasteiger partial charge in [0.2, 0.25) is 0 Å². The number of carbonyl (C=O) groups is 2. The molecule has 0 bridgehead atoms. The van der Waals surface area contributed by atoms with Crippen LogP contribution in [0.25, 0.3) is 10.9 Å². The van der Waals surface area contributed by atoms with Crippen molar-refractivity contribution in [2.45, 2.75) is 20.0 Å². The largest absolute Gasteiger partial charge is 0.494 e. The van der Waals surface area contributed by atoms with Crippen LogP contribution in [0.5, 0.6) is 5.75 Å². The number of hydrogen-bond acceptors (Lipinski definition) is 5. The SMILES string of the molecule is CCOc1ccc(NC(=O)C(C)OC(=O)c2ccc3nc(Cl)ccc3c2)cc1. The van der Waals surface area contributed by atoms with Gasteiger partial charge >= 0.3 is 5.97 Å². The zero-order chi connectivity index (χ0) is 20.1. The number of aromatic nitrogens is 1. The van der Waals surface area contributed by atoms with E-state index in [-0.39, 0.29) is 0 Å². The van der Waals surface area contributed by atoms with E-state index in [0.29, 0.717) is 34.3 Å². The van der Waals surface area contributed by atoms with Crippen molar-refractivity contribution in [1.82, 2.24) is 4.98 Å². The lowest BCUT2D eigenvalue weighted by atomic mass is 10.1. The maximum atomic E-state index is 12.4. The Balaban J connectivity index is 1.62. The monoisotopic (exact) mass is 398 g/mol. The Bertz CT molecular complexity index is 1000. The topological polar surface area (TPSA) is 77.5 Å². The molecule has 1 aromatic heterocycles. The van der Waals surface area contributed by atoms with E-state index < -0.39 is 18.0 Å². The van der Waals surface area contributed by atoms with Crippen molar-refractivity contribution in [1.29, 1.82) is 0 Å². The van der Waals surface area contributed by atoms with Crippen LogP contribution in [0.1, 0.15) is 24.2 Å². The number of ether oxygens (including phenoxy) is 2. The maximum absolute atomic E-state index is 12.4. The van der Waals surface area contributed by atoms with Crippen LogP contribution in [0.3, 0.4) is 0 Å². The number of carbonyl (C=O) groups excluding carboxylic acids is 2. The number of amides is 1. The molecule has 0 saturated heterocycles. The average Bonchev–Trinajstić information content (AvgIpc) is 2.69. The normalized spacial score (nSPS) is 11.7. The molecule has 0 aliphatic rings. The second-order valence-corrected chi connectivity index (χ2v) is 6.42. The summed E-state index contributed by atoms with van der Waals surface area (Å²) in [5.41, 5.74) is 1.59. The highest BCUT2D eigenvalue weighted by Crippen LogP contribution is 2.19. The molecule has 1 N–H and O–H groups in total. The predicted octanol–water partition coefficient (Wildman–Crippen LogP) is 4.47. The maximum Gasteiger partial charge on any atom is 0.338 e. The number of halogens is 1. The van der Waals surface area contributed by atoms with Gasteiger partial charge in [0.1, 0.15) is 10.9 Å². The van der Waals surface area contributed by atoms with Gasteiger partial charge in [0.15, 0.2) is 6.10 Å². The van der Waals surface area contributed by atoms with Gasteiger partial charge in [-0.05, 0) is 68.4 Å².